The maximum atomic E-state index is 13.7. The van der Waals surface area contributed by atoms with Crippen LogP contribution in [0.2, 0.25) is 5.02 Å². The fourth-order valence-corrected chi connectivity index (χ4v) is 2.15. The maximum absolute atomic E-state index is 13.7. The Labute approximate surface area is 118 Å². The molecule has 0 bridgehead atoms. The summed E-state index contributed by atoms with van der Waals surface area (Å²) < 4.78 is 14.7. The minimum absolute atomic E-state index is 0.223. The Bertz CT molecular complexity index is 586. The average Bonchev–Trinajstić information content (AvgIpc) is 2.32. The molecule has 0 spiro atoms. The molecule has 2 aromatic carbocycles. The Balaban J connectivity index is 2.41. The number of rotatable bonds is 2. The van der Waals surface area contributed by atoms with Crippen molar-refractivity contribution >= 4 is 27.5 Å². The molecule has 0 aromatic heterocycles. The standard InChI is InChI=1S/C14H11BrClFO/c1-8-6-9(2-5-12(8)15)14(18)11-4-3-10(16)7-13(11)17/h2-7,14,18H,1H3. The minimum atomic E-state index is -0.992. The van der Waals surface area contributed by atoms with Crippen LogP contribution >= 0.6 is 27.5 Å². The van der Waals surface area contributed by atoms with Gasteiger partial charge in [0.25, 0.3) is 0 Å². The molecule has 0 heterocycles. The average molecular weight is 330 g/mol. The molecule has 1 nitrogen and oxygen atoms in total. The van der Waals surface area contributed by atoms with Crippen LogP contribution in [-0.4, -0.2) is 5.11 Å². The number of hydrogen-bond donors (Lipinski definition) is 1. The Morgan fingerprint density at radius 3 is 2.56 bits per heavy atom. The summed E-state index contributed by atoms with van der Waals surface area (Å²) in [6, 6.07) is 9.68. The molecule has 0 saturated heterocycles. The lowest BCUT2D eigenvalue weighted by Crippen LogP contribution is -2.03. The van der Waals surface area contributed by atoms with E-state index in [1.807, 2.05) is 19.1 Å². The summed E-state index contributed by atoms with van der Waals surface area (Å²) >= 11 is 9.07. The molecule has 94 valence electrons. The third-order valence-electron chi connectivity index (χ3n) is 2.75. The predicted octanol–water partition coefficient (Wildman–Crippen LogP) is 4.63. The molecule has 4 heteroatoms. The van der Waals surface area contributed by atoms with Gasteiger partial charge in [-0.25, -0.2) is 4.39 Å². The summed E-state index contributed by atoms with van der Waals surface area (Å²) in [6.07, 6.45) is -0.992. The lowest BCUT2D eigenvalue weighted by Gasteiger charge is -2.13. The van der Waals surface area contributed by atoms with Gasteiger partial charge >= 0.3 is 0 Å². The molecule has 0 aliphatic rings. The van der Waals surface area contributed by atoms with Crippen LogP contribution in [0.4, 0.5) is 4.39 Å². The van der Waals surface area contributed by atoms with Gasteiger partial charge in [0.1, 0.15) is 11.9 Å². The highest BCUT2D eigenvalue weighted by molar-refractivity contribution is 9.10. The third kappa shape index (κ3) is 2.74. The van der Waals surface area contributed by atoms with E-state index in [-0.39, 0.29) is 5.56 Å². The smallest absolute Gasteiger partial charge is 0.130 e. The van der Waals surface area contributed by atoms with Gasteiger partial charge < -0.3 is 5.11 Å². The van der Waals surface area contributed by atoms with Crippen LogP contribution in [-0.2, 0) is 0 Å². The Morgan fingerprint density at radius 2 is 1.94 bits per heavy atom. The van der Waals surface area contributed by atoms with E-state index in [1.165, 1.54) is 12.1 Å². The molecule has 0 radical (unpaired) electrons. The monoisotopic (exact) mass is 328 g/mol. The van der Waals surface area contributed by atoms with Crippen molar-refractivity contribution in [3.05, 3.63) is 68.4 Å². The largest absolute Gasteiger partial charge is 0.384 e. The summed E-state index contributed by atoms with van der Waals surface area (Å²) in [7, 11) is 0. The maximum Gasteiger partial charge on any atom is 0.130 e. The van der Waals surface area contributed by atoms with Gasteiger partial charge in [0.2, 0.25) is 0 Å². The number of aliphatic hydroxyl groups excluding tert-OH is 1. The van der Waals surface area contributed by atoms with Crippen molar-refractivity contribution in [3.63, 3.8) is 0 Å². The second-order valence-corrected chi connectivity index (χ2v) is 5.37. The second-order valence-electron chi connectivity index (χ2n) is 4.08. The van der Waals surface area contributed by atoms with Crippen molar-refractivity contribution in [2.75, 3.05) is 0 Å². The van der Waals surface area contributed by atoms with Crippen LogP contribution in [0.25, 0.3) is 0 Å². The Morgan fingerprint density at radius 1 is 1.22 bits per heavy atom. The van der Waals surface area contributed by atoms with Gasteiger partial charge in [0, 0.05) is 15.1 Å². The zero-order valence-electron chi connectivity index (χ0n) is 9.62. The van der Waals surface area contributed by atoms with Crippen LogP contribution in [0.5, 0.6) is 0 Å². The van der Waals surface area contributed by atoms with E-state index in [2.05, 4.69) is 15.9 Å². The van der Waals surface area contributed by atoms with Crippen LogP contribution in [0.3, 0.4) is 0 Å². The van der Waals surface area contributed by atoms with Crippen molar-refractivity contribution in [1.82, 2.24) is 0 Å². The molecule has 1 unspecified atom stereocenters. The topological polar surface area (TPSA) is 20.2 Å². The van der Waals surface area contributed by atoms with Gasteiger partial charge in [-0.3, -0.25) is 0 Å². The fraction of sp³-hybridized carbons (Fsp3) is 0.143. The van der Waals surface area contributed by atoms with Crippen LogP contribution < -0.4 is 0 Å². The molecule has 0 saturated carbocycles. The van der Waals surface area contributed by atoms with E-state index < -0.39 is 11.9 Å². The fourth-order valence-electron chi connectivity index (χ4n) is 1.74. The predicted molar refractivity (Wildman–Crippen MR) is 74.4 cm³/mol. The molecule has 2 aromatic rings. The summed E-state index contributed by atoms with van der Waals surface area (Å²) in [4.78, 5) is 0. The highest BCUT2D eigenvalue weighted by atomic mass is 79.9. The van der Waals surface area contributed by atoms with Crippen LogP contribution in [0, 0.1) is 12.7 Å². The van der Waals surface area contributed by atoms with E-state index in [1.54, 1.807) is 12.1 Å². The molecular formula is C14H11BrClFO. The van der Waals surface area contributed by atoms with Crippen LogP contribution in [0.1, 0.15) is 22.8 Å². The summed E-state index contributed by atoms with van der Waals surface area (Å²) in [5, 5.41) is 10.5. The van der Waals surface area contributed by atoms with E-state index in [4.69, 9.17) is 11.6 Å². The lowest BCUT2D eigenvalue weighted by atomic mass is 10.00. The second kappa shape index (κ2) is 5.39. The van der Waals surface area contributed by atoms with Crippen molar-refractivity contribution in [2.45, 2.75) is 13.0 Å². The zero-order valence-corrected chi connectivity index (χ0v) is 12.0. The highest BCUT2D eigenvalue weighted by Crippen LogP contribution is 2.28. The van der Waals surface area contributed by atoms with Crippen molar-refractivity contribution < 1.29 is 9.50 Å². The molecule has 0 fully saturated rings. The number of hydrogen-bond acceptors (Lipinski definition) is 1. The van der Waals surface area contributed by atoms with E-state index in [0.717, 1.165) is 10.0 Å². The molecular weight excluding hydrogens is 319 g/mol. The van der Waals surface area contributed by atoms with Gasteiger partial charge in [-0.15, -0.1) is 0 Å². The first-order valence-electron chi connectivity index (χ1n) is 5.38. The van der Waals surface area contributed by atoms with Gasteiger partial charge in [0.05, 0.1) is 0 Å². The minimum Gasteiger partial charge on any atom is -0.384 e. The first-order chi connectivity index (χ1) is 8.49. The molecule has 1 N–H and O–H groups in total. The van der Waals surface area contributed by atoms with E-state index in [0.29, 0.717) is 10.6 Å². The molecule has 1 atom stereocenters. The van der Waals surface area contributed by atoms with Crippen molar-refractivity contribution in [2.24, 2.45) is 0 Å². The van der Waals surface area contributed by atoms with Gasteiger partial charge in [0.15, 0.2) is 0 Å². The first-order valence-corrected chi connectivity index (χ1v) is 6.55. The molecule has 2 rings (SSSR count). The summed E-state index contributed by atoms with van der Waals surface area (Å²) in [5.74, 6) is -0.504. The van der Waals surface area contributed by atoms with Crippen molar-refractivity contribution in [1.29, 1.82) is 0 Å². The molecule has 18 heavy (non-hydrogen) atoms. The number of halogens is 3. The van der Waals surface area contributed by atoms with Crippen LogP contribution in [0.15, 0.2) is 40.9 Å². The van der Waals surface area contributed by atoms with E-state index >= 15 is 0 Å². The van der Waals surface area contributed by atoms with Gasteiger partial charge in [-0.2, -0.15) is 0 Å². The van der Waals surface area contributed by atoms with Gasteiger partial charge in [-0.1, -0.05) is 45.7 Å². The Hall–Kier alpha value is -0.900. The van der Waals surface area contributed by atoms with Crippen molar-refractivity contribution in [3.8, 4) is 0 Å². The SMILES string of the molecule is Cc1cc(C(O)c2ccc(Cl)cc2F)ccc1Br. The first kappa shape index (κ1) is 13.5. The van der Waals surface area contributed by atoms with Gasteiger partial charge in [-0.05, 0) is 36.2 Å². The quantitative estimate of drug-likeness (QED) is 0.851. The highest BCUT2D eigenvalue weighted by Gasteiger charge is 2.15. The third-order valence-corrected chi connectivity index (χ3v) is 3.88. The lowest BCUT2D eigenvalue weighted by molar-refractivity contribution is 0.215. The van der Waals surface area contributed by atoms with E-state index in [9.17, 15) is 9.50 Å². The summed E-state index contributed by atoms with van der Waals surface area (Å²) in [5.41, 5.74) is 1.86. The normalized spacial score (nSPS) is 12.5. The number of aliphatic hydroxyl groups is 1. The molecule has 0 aliphatic heterocycles. The number of aryl methyl sites for hydroxylation is 1. The summed E-state index contributed by atoms with van der Waals surface area (Å²) in [6.45, 7) is 1.92. The molecule has 0 aliphatic carbocycles. The Kier molecular flexibility index (Phi) is 4.05. The number of benzene rings is 2. The zero-order chi connectivity index (χ0) is 13.3. The molecule has 0 amide bonds.